The van der Waals surface area contributed by atoms with E-state index in [2.05, 4.69) is 11.9 Å². The monoisotopic (exact) mass is 214 g/mol. The summed E-state index contributed by atoms with van der Waals surface area (Å²) in [6.07, 6.45) is 6.86. The summed E-state index contributed by atoms with van der Waals surface area (Å²) in [5.41, 5.74) is 5.49. The van der Waals surface area contributed by atoms with Gasteiger partial charge in [0, 0.05) is 6.20 Å². The summed E-state index contributed by atoms with van der Waals surface area (Å²) in [5, 5.41) is 10.3. The molecule has 0 fully saturated rings. The normalized spacial score (nSPS) is 13.0. The zero-order chi connectivity index (χ0) is 10.4. The highest BCUT2D eigenvalue weighted by Gasteiger charge is 2.09. The van der Waals surface area contributed by atoms with Crippen molar-refractivity contribution in [3.63, 3.8) is 0 Å². The van der Waals surface area contributed by atoms with E-state index < -0.39 is 0 Å². The number of anilines is 1. The minimum atomic E-state index is -0.373. The molecule has 0 spiro atoms. The second-order valence-electron chi connectivity index (χ2n) is 3.47. The highest BCUT2D eigenvalue weighted by molar-refractivity contribution is 7.15. The second-order valence-corrected chi connectivity index (χ2v) is 4.56. The van der Waals surface area contributed by atoms with Gasteiger partial charge in [-0.1, -0.05) is 43.9 Å². The first-order valence-electron chi connectivity index (χ1n) is 5.13. The molecule has 0 saturated heterocycles. The van der Waals surface area contributed by atoms with Crippen molar-refractivity contribution >= 4 is 16.5 Å². The van der Waals surface area contributed by atoms with Crippen molar-refractivity contribution in [1.82, 2.24) is 4.98 Å². The number of thiazole rings is 1. The fourth-order valence-electron chi connectivity index (χ4n) is 1.36. The third kappa shape index (κ3) is 3.64. The molecule has 0 bridgehead atoms. The molecule has 1 atom stereocenters. The maximum absolute atomic E-state index is 9.75. The lowest BCUT2D eigenvalue weighted by Gasteiger charge is -2.06. The predicted molar refractivity (Wildman–Crippen MR) is 60.2 cm³/mol. The maximum Gasteiger partial charge on any atom is 0.180 e. The largest absolute Gasteiger partial charge is 0.388 e. The summed E-state index contributed by atoms with van der Waals surface area (Å²) in [4.78, 5) is 4.81. The number of unbranched alkanes of at least 4 members (excludes halogenated alkanes) is 3. The van der Waals surface area contributed by atoms with E-state index in [1.165, 1.54) is 30.6 Å². The van der Waals surface area contributed by atoms with Crippen molar-refractivity contribution in [3.8, 4) is 0 Å². The Morgan fingerprint density at radius 1 is 1.50 bits per heavy atom. The van der Waals surface area contributed by atoms with Crippen LogP contribution in [-0.2, 0) is 0 Å². The number of aliphatic hydroxyl groups is 1. The lowest BCUT2D eigenvalue weighted by molar-refractivity contribution is 0.167. The molecule has 4 heteroatoms. The Labute approximate surface area is 89.0 Å². The topological polar surface area (TPSA) is 59.1 Å². The van der Waals surface area contributed by atoms with E-state index in [9.17, 15) is 5.11 Å². The fraction of sp³-hybridized carbons (Fsp3) is 0.700. The molecule has 1 rings (SSSR count). The molecule has 1 aromatic rings. The molecule has 0 radical (unpaired) electrons. The third-order valence-electron chi connectivity index (χ3n) is 2.20. The zero-order valence-electron chi connectivity index (χ0n) is 8.57. The van der Waals surface area contributed by atoms with Gasteiger partial charge in [0.05, 0.1) is 11.0 Å². The van der Waals surface area contributed by atoms with Gasteiger partial charge in [0.2, 0.25) is 0 Å². The zero-order valence-corrected chi connectivity index (χ0v) is 9.39. The Morgan fingerprint density at radius 3 is 2.86 bits per heavy atom. The van der Waals surface area contributed by atoms with E-state index in [4.69, 9.17) is 5.73 Å². The molecule has 3 nitrogen and oxygen atoms in total. The van der Waals surface area contributed by atoms with Crippen LogP contribution >= 0.6 is 11.3 Å². The van der Waals surface area contributed by atoms with Crippen LogP contribution in [0.2, 0.25) is 0 Å². The Morgan fingerprint density at radius 2 is 2.29 bits per heavy atom. The van der Waals surface area contributed by atoms with Crippen LogP contribution < -0.4 is 5.73 Å². The first-order valence-corrected chi connectivity index (χ1v) is 5.95. The molecule has 0 aliphatic rings. The molecule has 1 aromatic heterocycles. The van der Waals surface area contributed by atoms with Gasteiger partial charge in [0.25, 0.3) is 0 Å². The van der Waals surface area contributed by atoms with Crippen LogP contribution in [0.15, 0.2) is 6.20 Å². The summed E-state index contributed by atoms with van der Waals surface area (Å²) in [5.74, 6) is 0. The quantitative estimate of drug-likeness (QED) is 0.716. The number of hydrogen-bond donors (Lipinski definition) is 2. The molecule has 14 heavy (non-hydrogen) atoms. The molecule has 0 unspecified atom stereocenters. The minimum absolute atomic E-state index is 0.373. The Balaban J connectivity index is 2.25. The van der Waals surface area contributed by atoms with Gasteiger partial charge in [-0.25, -0.2) is 4.98 Å². The molecule has 80 valence electrons. The van der Waals surface area contributed by atoms with E-state index in [0.717, 1.165) is 17.7 Å². The summed E-state index contributed by atoms with van der Waals surface area (Å²) in [6, 6.07) is 0. The Kier molecular flexibility index (Phi) is 4.90. The second kappa shape index (κ2) is 5.98. The van der Waals surface area contributed by atoms with Gasteiger partial charge in [0.15, 0.2) is 5.13 Å². The van der Waals surface area contributed by atoms with Crippen molar-refractivity contribution in [1.29, 1.82) is 0 Å². The number of hydrogen-bond acceptors (Lipinski definition) is 4. The standard InChI is InChI=1S/C10H18N2OS/c1-2-3-4-5-6-8(13)9-7-12-10(11)14-9/h7-8,13H,2-6H2,1H3,(H2,11,12)/t8-/m0/s1. The van der Waals surface area contributed by atoms with Crippen molar-refractivity contribution in [2.75, 3.05) is 5.73 Å². The van der Waals surface area contributed by atoms with Gasteiger partial charge in [0.1, 0.15) is 0 Å². The maximum atomic E-state index is 9.75. The van der Waals surface area contributed by atoms with Gasteiger partial charge in [-0.05, 0) is 6.42 Å². The average molecular weight is 214 g/mol. The van der Waals surface area contributed by atoms with E-state index >= 15 is 0 Å². The van der Waals surface area contributed by atoms with E-state index in [0.29, 0.717) is 5.13 Å². The number of nitrogens with two attached hydrogens (primary N) is 1. The SMILES string of the molecule is CCCCCC[C@H](O)c1cnc(N)s1. The van der Waals surface area contributed by atoms with Gasteiger partial charge >= 0.3 is 0 Å². The average Bonchev–Trinajstić information content (AvgIpc) is 2.59. The number of aliphatic hydroxyl groups excluding tert-OH is 1. The van der Waals surface area contributed by atoms with Gasteiger partial charge in [-0.15, -0.1) is 0 Å². The minimum Gasteiger partial charge on any atom is -0.388 e. The lowest BCUT2D eigenvalue weighted by atomic mass is 10.1. The highest BCUT2D eigenvalue weighted by Crippen LogP contribution is 2.26. The lowest BCUT2D eigenvalue weighted by Crippen LogP contribution is -1.94. The molecule has 0 saturated carbocycles. The molecule has 0 aliphatic carbocycles. The molecule has 0 aromatic carbocycles. The van der Waals surface area contributed by atoms with Crippen LogP contribution in [0, 0.1) is 0 Å². The number of nitrogen functional groups attached to an aromatic ring is 1. The number of rotatable bonds is 6. The molecular weight excluding hydrogens is 196 g/mol. The summed E-state index contributed by atoms with van der Waals surface area (Å²) in [7, 11) is 0. The third-order valence-corrected chi connectivity index (χ3v) is 3.13. The molecular formula is C10H18N2OS. The van der Waals surface area contributed by atoms with E-state index in [1.807, 2.05) is 0 Å². The van der Waals surface area contributed by atoms with Crippen LogP contribution in [0.1, 0.15) is 50.0 Å². The Bertz CT molecular complexity index is 262. The fourth-order valence-corrected chi connectivity index (χ4v) is 2.07. The summed E-state index contributed by atoms with van der Waals surface area (Å²) >= 11 is 1.38. The molecule has 1 heterocycles. The van der Waals surface area contributed by atoms with Crippen molar-refractivity contribution in [3.05, 3.63) is 11.1 Å². The summed E-state index contributed by atoms with van der Waals surface area (Å²) < 4.78 is 0. The highest BCUT2D eigenvalue weighted by atomic mass is 32.1. The van der Waals surface area contributed by atoms with Crippen LogP contribution in [-0.4, -0.2) is 10.1 Å². The first-order chi connectivity index (χ1) is 6.74. The summed E-state index contributed by atoms with van der Waals surface area (Å²) in [6.45, 7) is 2.18. The molecule has 0 aliphatic heterocycles. The Hall–Kier alpha value is -0.610. The van der Waals surface area contributed by atoms with Crippen LogP contribution in [0.3, 0.4) is 0 Å². The smallest absolute Gasteiger partial charge is 0.180 e. The van der Waals surface area contributed by atoms with Crippen LogP contribution in [0.4, 0.5) is 5.13 Å². The van der Waals surface area contributed by atoms with Gasteiger partial charge < -0.3 is 10.8 Å². The molecule has 0 amide bonds. The van der Waals surface area contributed by atoms with Crippen molar-refractivity contribution in [2.24, 2.45) is 0 Å². The first kappa shape index (κ1) is 11.5. The number of nitrogens with zero attached hydrogens (tertiary/aromatic N) is 1. The predicted octanol–water partition coefficient (Wildman–Crippen LogP) is 2.73. The van der Waals surface area contributed by atoms with Crippen LogP contribution in [0.5, 0.6) is 0 Å². The van der Waals surface area contributed by atoms with Crippen molar-refractivity contribution in [2.45, 2.75) is 45.1 Å². The van der Waals surface area contributed by atoms with Gasteiger partial charge in [-0.3, -0.25) is 0 Å². The van der Waals surface area contributed by atoms with E-state index in [1.54, 1.807) is 6.20 Å². The van der Waals surface area contributed by atoms with E-state index in [-0.39, 0.29) is 6.10 Å². The number of aromatic nitrogens is 1. The van der Waals surface area contributed by atoms with Gasteiger partial charge in [-0.2, -0.15) is 0 Å². The van der Waals surface area contributed by atoms with Crippen LogP contribution in [0.25, 0.3) is 0 Å². The van der Waals surface area contributed by atoms with Crippen molar-refractivity contribution < 1.29 is 5.11 Å². The molecule has 3 N–H and O–H groups in total.